The van der Waals surface area contributed by atoms with Crippen LogP contribution in [0.25, 0.3) is 0 Å². The number of alkyl halides is 1. The van der Waals surface area contributed by atoms with E-state index in [9.17, 15) is 19.4 Å². The van der Waals surface area contributed by atoms with Gasteiger partial charge in [0.25, 0.3) is 0 Å². The number of aliphatic carboxylic acids is 1. The Bertz CT molecular complexity index is 737. The number of dihydropyridines is 1. The van der Waals surface area contributed by atoms with Gasteiger partial charge in [0.15, 0.2) is 0 Å². The molecule has 3 rings (SSSR count). The van der Waals surface area contributed by atoms with E-state index in [1.165, 1.54) is 11.0 Å². The summed E-state index contributed by atoms with van der Waals surface area (Å²) in [6.07, 6.45) is -0.124. The third-order valence-electron chi connectivity index (χ3n) is 5.35. The number of halogens is 2. The first-order valence-electron chi connectivity index (χ1n) is 9.46. The molecule has 0 aliphatic carbocycles. The molecule has 0 saturated carbocycles. The van der Waals surface area contributed by atoms with Crippen molar-refractivity contribution in [3.63, 3.8) is 0 Å². The number of likely N-dealkylation sites (tertiary alicyclic amines) is 1. The fourth-order valence-corrected chi connectivity index (χ4v) is 4.00. The lowest BCUT2D eigenvalue weighted by Crippen LogP contribution is -2.50. The molecule has 1 saturated heterocycles. The van der Waals surface area contributed by atoms with Crippen LogP contribution in [0.4, 0.5) is 8.78 Å². The molecule has 0 amide bonds. The summed E-state index contributed by atoms with van der Waals surface area (Å²) >= 11 is 0. The highest BCUT2D eigenvalue weighted by Crippen LogP contribution is 2.36. The van der Waals surface area contributed by atoms with Gasteiger partial charge in [-0.3, -0.25) is 4.90 Å². The van der Waals surface area contributed by atoms with E-state index in [1.54, 1.807) is 4.90 Å². The van der Waals surface area contributed by atoms with Crippen LogP contribution in [0.1, 0.15) is 13.3 Å². The molecular weight excluding hydrogens is 370 g/mol. The average Bonchev–Trinajstić information content (AvgIpc) is 3.10. The molecule has 3 aliphatic rings. The maximum absolute atomic E-state index is 15.5. The molecule has 0 aromatic heterocycles. The van der Waals surface area contributed by atoms with E-state index >= 15 is 4.39 Å². The van der Waals surface area contributed by atoms with Crippen molar-refractivity contribution in [1.82, 2.24) is 15.1 Å². The Balaban J connectivity index is 1.93. The summed E-state index contributed by atoms with van der Waals surface area (Å²) in [5, 5.41) is 22.9. The Labute approximate surface area is 162 Å². The number of carboxylic acids is 1. The van der Waals surface area contributed by atoms with E-state index in [0.717, 1.165) is 25.7 Å². The van der Waals surface area contributed by atoms with E-state index in [2.05, 4.69) is 16.9 Å². The van der Waals surface area contributed by atoms with Crippen molar-refractivity contribution in [3.8, 4) is 0 Å². The second kappa shape index (κ2) is 8.50. The van der Waals surface area contributed by atoms with E-state index < -0.39 is 30.2 Å². The maximum Gasteiger partial charge on any atom is 0.336 e. The molecule has 154 valence electrons. The molecule has 9 heteroatoms. The first-order valence-corrected chi connectivity index (χ1v) is 9.46. The summed E-state index contributed by atoms with van der Waals surface area (Å²) < 4.78 is 30.4. The lowest BCUT2D eigenvalue weighted by atomic mass is 9.93. The molecule has 0 radical (unpaired) electrons. The minimum Gasteiger partial charge on any atom is -0.478 e. The van der Waals surface area contributed by atoms with E-state index in [1.807, 2.05) is 6.92 Å². The minimum atomic E-state index is -1.91. The second-order valence-corrected chi connectivity index (χ2v) is 7.22. The topological polar surface area (TPSA) is 88.4 Å². The molecule has 3 N–H and O–H groups in total. The summed E-state index contributed by atoms with van der Waals surface area (Å²) in [7, 11) is 0. The number of fused-ring (bicyclic) bond motifs is 1. The van der Waals surface area contributed by atoms with Gasteiger partial charge in [0.2, 0.25) is 6.30 Å². The normalized spacial score (nSPS) is 30.8. The number of hydrogen-bond donors (Lipinski definition) is 3. The summed E-state index contributed by atoms with van der Waals surface area (Å²) in [6.45, 7) is 8.43. The van der Waals surface area contributed by atoms with Crippen molar-refractivity contribution in [3.05, 3.63) is 36.0 Å². The zero-order valence-electron chi connectivity index (χ0n) is 15.8. The zero-order valence-corrected chi connectivity index (χ0v) is 15.8. The van der Waals surface area contributed by atoms with Gasteiger partial charge in [-0.2, -0.15) is 0 Å². The van der Waals surface area contributed by atoms with Crippen LogP contribution in [-0.4, -0.2) is 82.9 Å². The number of rotatable bonds is 7. The van der Waals surface area contributed by atoms with Crippen LogP contribution < -0.4 is 5.32 Å². The molecular formula is C19H26F2N4O3. The van der Waals surface area contributed by atoms with Crippen LogP contribution in [0.2, 0.25) is 0 Å². The van der Waals surface area contributed by atoms with E-state index in [0.29, 0.717) is 19.0 Å². The highest BCUT2D eigenvalue weighted by Gasteiger charge is 2.46. The Morgan fingerprint density at radius 2 is 2.29 bits per heavy atom. The van der Waals surface area contributed by atoms with Crippen molar-refractivity contribution in [2.45, 2.75) is 31.8 Å². The molecule has 2 unspecified atom stereocenters. The van der Waals surface area contributed by atoms with Gasteiger partial charge in [0.1, 0.15) is 18.0 Å². The Morgan fingerprint density at radius 3 is 2.93 bits per heavy atom. The van der Waals surface area contributed by atoms with Gasteiger partial charge in [0, 0.05) is 19.3 Å². The predicted molar refractivity (Wildman–Crippen MR) is 101 cm³/mol. The molecule has 1 fully saturated rings. The minimum absolute atomic E-state index is 0.0635. The molecule has 0 aromatic carbocycles. The SMILES string of the molecule is C=CCN1C=C(C(=O)O)[C@H](O)C2=NC(F)C(N3CC[C@H](CNCC)C3)C(F)=C21. The summed E-state index contributed by atoms with van der Waals surface area (Å²) in [4.78, 5) is 18.3. The van der Waals surface area contributed by atoms with Crippen molar-refractivity contribution in [2.75, 3.05) is 32.7 Å². The maximum atomic E-state index is 15.5. The smallest absolute Gasteiger partial charge is 0.336 e. The predicted octanol–water partition coefficient (Wildman–Crippen LogP) is 1.05. The Hall–Kier alpha value is -2.10. The van der Waals surface area contributed by atoms with Crippen LogP contribution in [0.15, 0.2) is 40.9 Å². The van der Waals surface area contributed by atoms with Crippen LogP contribution >= 0.6 is 0 Å². The highest BCUT2D eigenvalue weighted by molar-refractivity contribution is 6.11. The third-order valence-corrected chi connectivity index (χ3v) is 5.35. The standard InChI is InChI=1S/C19H26F2N4O3/c1-3-6-24-10-12(19(27)28)17(26)14-15(24)13(20)16(18(21)23-14)25-7-5-11(9-25)8-22-4-2/h3,10-11,16-18,22,26H,1,4-9H2,2H3,(H,27,28)/t11-,16?,17+,18?/m1/s1. The largest absolute Gasteiger partial charge is 0.478 e. The number of nitrogens with one attached hydrogen (secondary N) is 1. The van der Waals surface area contributed by atoms with Crippen LogP contribution in [0.5, 0.6) is 0 Å². The molecule has 0 aromatic rings. The first-order chi connectivity index (χ1) is 13.4. The lowest BCUT2D eigenvalue weighted by molar-refractivity contribution is -0.133. The lowest BCUT2D eigenvalue weighted by Gasteiger charge is -2.39. The Kier molecular flexibility index (Phi) is 6.26. The summed E-state index contributed by atoms with van der Waals surface area (Å²) in [5.74, 6) is -1.80. The quantitative estimate of drug-likeness (QED) is 0.440. The molecule has 28 heavy (non-hydrogen) atoms. The van der Waals surface area contributed by atoms with Crippen LogP contribution in [0.3, 0.4) is 0 Å². The van der Waals surface area contributed by atoms with Crippen molar-refractivity contribution in [1.29, 1.82) is 0 Å². The van der Waals surface area contributed by atoms with Gasteiger partial charge in [0.05, 0.1) is 17.0 Å². The van der Waals surface area contributed by atoms with Crippen molar-refractivity contribution in [2.24, 2.45) is 10.9 Å². The fourth-order valence-electron chi connectivity index (χ4n) is 4.00. The number of carboxylic acid groups (broad SMARTS) is 1. The number of carbonyl (C=O) groups is 1. The van der Waals surface area contributed by atoms with E-state index in [4.69, 9.17) is 0 Å². The molecule has 0 spiro atoms. The molecule has 4 atom stereocenters. The number of aliphatic hydroxyl groups excluding tert-OH is 1. The summed E-state index contributed by atoms with van der Waals surface area (Å²) in [5.41, 5.74) is -0.729. The molecule has 3 aliphatic heterocycles. The van der Waals surface area contributed by atoms with Gasteiger partial charge in [-0.05, 0) is 32.0 Å². The fraction of sp³-hybridized carbons (Fsp3) is 0.579. The number of hydrogen-bond acceptors (Lipinski definition) is 6. The number of aliphatic hydroxyl groups is 1. The van der Waals surface area contributed by atoms with Gasteiger partial charge >= 0.3 is 5.97 Å². The van der Waals surface area contributed by atoms with Crippen molar-refractivity contribution >= 4 is 11.7 Å². The van der Waals surface area contributed by atoms with Crippen LogP contribution in [0, 0.1) is 5.92 Å². The van der Waals surface area contributed by atoms with Crippen LogP contribution in [-0.2, 0) is 4.79 Å². The first kappa shape index (κ1) is 20.6. The Morgan fingerprint density at radius 1 is 1.54 bits per heavy atom. The van der Waals surface area contributed by atoms with Gasteiger partial charge < -0.3 is 20.4 Å². The van der Waals surface area contributed by atoms with Crippen molar-refractivity contribution < 1.29 is 23.8 Å². The third kappa shape index (κ3) is 3.74. The molecule has 3 heterocycles. The second-order valence-electron chi connectivity index (χ2n) is 7.22. The number of aliphatic imine (C=N–C) groups is 1. The van der Waals surface area contributed by atoms with Gasteiger partial charge in [-0.25, -0.2) is 18.6 Å². The molecule has 7 nitrogen and oxygen atoms in total. The number of nitrogens with zero attached hydrogens (tertiary/aromatic N) is 3. The highest BCUT2D eigenvalue weighted by atomic mass is 19.1. The van der Waals surface area contributed by atoms with Gasteiger partial charge in [-0.15, -0.1) is 6.58 Å². The van der Waals surface area contributed by atoms with Gasteiger partial charge in [-0.1, -0.05) is 13.0 Å². The monoisotopic (exact) mass is 396 g/mol. The molecule has 0 bridgehead atoms. The zero-order chi connectivity index (χ0) is 20.4. The summed E-state index contributed by atoms with van der Waals surface area (Å²) in [6, 6.07) is -1.18. The average molecular weight is 396 g/mol. The van der Waals surface area contributed by atoms with E-state index in [-0.39, 0.29) is 23.5 Å².